The first-order valence-electron chi connectivity index (χ1n) is 6.22. The second-order valence-corrected chi connectivity index (χ2v) is 5.30. The molecule has 0 aliphatic carbocycles. The third kappa shape index (κ3) is 4.61. The number of phenols is 1. The zero-order valence-electron chi connectivity index (χ0n) is 11.0. The largest absolute Gasteiger partial charge is 0.507 e. The smallest absolute Gasteiger partial charge is 0.328 e. The third-order valence-corrected chi connectivity index (χ3v) is 3.21. The normalized spacial score (nSPS) is 11.3. The number of rotatable bonds is 4. The summed E-state index contributed by atoms with van der Waals surface area (Å²) in [5, 5.41) is 18.4. The number of aliphatic carboxylic acids is 1. The minimum atomic E-state index is -0.985. The zero-order chi connectivity index (χ0) is 15.2. The number of benzene rings is 2. The maximum Gasteiger partial charge on any atom is 0.328 e. The summed E-state index contributed by atoms with van der Waals surface area (Å²) in [4.78, 5) is 10.6. The number of aromatic hydroxyl groups is 1. The van der Waals surface area contributed by atoms with Crippen LogP contribution < -0.4 is 0 Å². The van der Waals surface area contributed by atoms with Crippen LogP contribution >= 0.6 is 15.9 Å². The van der Waals surface area contributed by atoms with Crippen molar-refractivity contribution in [1.29, 1.82) is 0 Å². The topological polar surface area (TPSA) is 57.5 Å². The van der Waals surface area contributed by atoms with Crippen molar-refractivity contribution in [2.24, 2.45) is 0 Å². The molecule has 0 radical (unpaired) electrons. The fraction of sp³-hybridized carbons (Fsp3) is 0. The lowest BCUT2D eigenvalue weighted by molar-refractivity contribution is -0.131. The van der Waals surface area contributed by atoms with Gasteiger partial charge in [0.15, 0.2) is 0 Å². The van der Waals surface area contributed by atoms with Gasteiger partial charge in [-0.25, -0.2) is 4.79 Å². The standard InChI is InChI=1S/C17H13BrO3/c18-15-10-12(9-13(11-15)6-8-17(20)21)5-7-14-3-1-2-4-16(14)19/h1-11,19H,(H,20,21). The number of phenolic OH excluding ortho intramolecular Hbond substituents is 1. The summed E-state index contributed by atoms with van der Waals surface area (Å²) >= 11 is 3.40. The predicted octanol–water partition coefficient (Wildman–Crippen LogP) is 4.42. The Balaban J connectivity index is 2.28. The first-order valence-corrected chi connectivity index (χ1v) is 7.01. The van der Waals surface area contributed by atoms with Crippen molar-refractivity contribution in [2.45, 2.75) is 0 Å². The summed E-state index contributed by atoms with van der Waals surface area (Å²) in [5.74, 6) is -0.768. The molecule has 2 N–H and O–H groups in total. The van der Waals surface area contributed by atoms with Crippen LogP contribution in [0.5, 0.6) is 5.75 Å². The molecule has 0 saturated carbocycles. The number of hydrogen-bond donors (Lipinski definition) is 2. The first-order chi connectivity index (χ1) is 10.0. The quantitative estimate of drug-likeness (QED) is 0.637. The molecule has 0 saturated heterocycles. The fourth-order valence-corrected chi connectivity index (χ4v) is 2.34. The summed E-state index contributed by atoms with van der Waals surface area (Å²) in [5.41, 5.74) is 2.40. The minimum Gasteiger partial charge on any atom is -0.507 e. The number of halogens is 1. The van der Waals surface area contributed by atoms with E-state index in [2.05, 4.69) is 15.9 Å². The van der Waals surface area contributed by atoms with Crippen LogP contribution in [0.1, 0.15) is 16.7 Å². The van der Waals surface area contributed by atoms with Crippen LogP contribution in [0.15, 0.2) is 53.0 Å². The van der Waals surface area contributed by atoms with Crippen LogP contribution in [0.4, 0.5) is 0 Å². The van der Waals surface area contributed by atoms with Gasteiger partial charge in [0.05, 0.1) is 0 Å². The molecule has 0 unspecified atom stereocenters. The molecule has 0 amide bonds. The number of carboxylic acids is 1. The molecule has 0 spiro atoms. The summed E-state index contributed by atoms with van der Waals surface area (Å²) in [6, 6.07) is 12.7. The van der Waals surface area contributed by atoms with Gasteiger partial charge in [-0.3, -0.25) is 0 Å². The molecule has 106 valence electrons. The Bertz CT molecular complexity index is 718. The van der Waals surface area contributed by atoms with Crippen LogP contribution in [0.2, 0.25) is 0 Å². The van der Waals surface area contributed by atoms with Gasteiger partial charge >= 0.3 is 5.97 Å². The van der Waals surface area contributed by atoms with Crippen molar-refractivity contribution in [3.63, 3.8) is 0 Å². The van der Waals surface area contributed by atoms with Crippen LogP contribution in [-0.2, 0) is 4.79 Å². The second kappa shape index (κ2) is 6.90. The molecule has 2 aromatic rings. The lowest BCUT2D eigenvalue weighted by Gasteiger charge is -2.01. The van der Waals surface area contributed by atoms with Gasteiger partial charge in [0.1, 0.15) is 5.75 Å². The SMILES string of the molecule is O=C(O)C=Cc1cc(Br)cc(C=Cc2ccccc2O)c1. The van der Waals surface area contributed by atoms with Crippen molar-refractivity contribution in [1.82, 2.24) is 0 Å². The summed E-state index contributed by atoms with van der Waals surface area (Å²) in [6.07, 6.45) is 6.29. The summed E-state index contributed by atoms with van der Waals surface area (Å²) in [6.45, 7) is 0. The van der Waals surface area contributed by atoms with E-state index in [0.29, 0.717) is 0 Å². The Morgan fingerprint density at radius 2 is 1.67 bits per heavy atom. The third-order valence-electron chi connectivity index (χ3n) is 2.75. The van der Waals surface area contributed by atoms with E-state index in [1.165, 1.54) is 6.08 Å². The molecule has 2 aromatic carbocycles. The van der Waals surface area contributed by atoms with Crippen molar-refractivity contribution in [3.8, 4) is 5.75 Å². The molecular weight excluding hydrogens is 332 g/mol. The van der Waals surface area contributed by atoms with Gasteiger partial charge < -0.3 is 10.2 Å². The highest BCUT2D eigenvalue weighted by molar-refractivity contribution is 9.10. The van der Waals surface area contributed by atoms with E-state index < -0.39 is 5.97 Å². The summed E-state index contributed by atoms with van der Waals surface area (Å²) in [7, 11) is 0. The van der Waals surface area contributed by atoms with Gasteiger partial charge in [-0.1, -0.05) is 46.3 Å². The number of carbonyl (C=O) groups is 1. The van der Waals surface area contributed by atoms with Crippen LogP contribution in [0.3, 0.4) is 0 Å². The molecule has 0 atom stereocenters. The maximum absolute atomic E-state index is 10.6. The highest BCUT2D eigenvalue weighted by Gasteiger charge is 1.98. The zero-order valence-corrected chi connectivity index (χ0v) is 12.6. The molecule has 2 rings (SSSR count). The molecule has 4 heteroatoms. The van der Waals surface area contributed by atoms with E-state index >= 15 is 0 Å². The van der Waals surface area contributed by atoms with Crippen molar-refractivity contribution < 1.29 is 15.0 Å². The Morgan fingerprint density at radius 1 is 1.00 bits per heavy atom. The molecule has 0 aliphatic heterocycles. The van der Waals surface area contributed by atoms with Crippen LogP contribution in [-0.4, -0.2) is 16.2 Å². The number of carboxylic acid groups (broad SMARTS) is 1. The van der Waals surface area contributed by atoms with E-state index in [1.54, 1.807) is 12.1 Å². The van der Waals surface area contributed by atoms with Gasteiger partial charge in [0, 0.05) is 16.1 Å². The van der Waals surface area contributed by atoms with E-state index in [1.807, 2.05) is 42.5 Å². The summed E-state index contributed by atoms with van der Waals surface area (Å²) < 4.78 is 0.854. The average Bonchev–Trinajstić information content (AvgIpc) is 2.44. The van der Waals surface area contributed by atoms with E-state index in [4.69, 9.17) is 5.11 Å². The van der Waals surface area contributed by atoms with Crippen molar-refractivity contribution in [3.05, 3.63) is 69.7 Å². The average molecular weight is 345 g/mol. The van der Waals surface area contributed by atoms with Gasteiger partial charge in [0.25, 0.3) is 0 Å². The Hall–Kier alpha value is -2.33. The Labute approximate surface area is 131 Å². The fourth-order valence-electron chi connectivity index (χ4n) is 1.81. The van der Waals surface area contributed by atoms with Gasteiger partial charge in [-0.15, -0.1) is 0 Å². The second-order valence-electron chi connectivity index (χ2n) is 4.38. The molecule has 0 fully saturated rings. The van der Waals surface area contributed by atoms with Gasteiger partial charge in [-0.05, 0) is 41.5 Å². The maximum atomic E-state index is 10.6. The molecule has 21 heavy (non-hydrogen) atoms. The molecule has 0 heterocycles. The molecular formula is C17H13BrO3. The molecule has 0 aromatic heterocycles. The Kier molecular flexibility index (Phi) is 4.95. The lowest BCUT2D eigenvalue weighted by atomic mass is 10.1. The minimum absolute atomic E-state index is 0.217. The molecule has 3 nitrogen and oxygen atoms in total. The van der Waals surface area contributed by atoms with Crippen molar-refractivity contribution >= 4 is 40.1 Å². The molecule has 0 bridgehead atoms. The number of para-hydroxylation sites is 1. The van der Waals surface area contributed by atoms with E-state index in [-0.39, 0.29) is 5.75 Å². The monoisotopic (exact) mass is 344 g/mol. The Morgan fingerprint density at radius 3 is 2.33 bits per heavy atom. The number of hydrogen-bond acceptors (Lipinski definition) is 2. The highest BCUT2D eigenvalue weighted by Crippen LogP contribution is 2.21. The van der Waals surface area contributed by atoms with E-state index in [9.17, 15) is 9.90 Å². The van der Waals surface area contributed by atoms with Gasteiger partial charge in [0.2, 0.25) is 0 Å². The van der Waals surface area contributed by atoms with Gasteiger partial charge in [-0.2, -0.15) is 0 Å². The van der Waals surface area contributed by atoms with Crippen LogP contribution in [0, 0.1) is 0 Å². The van der Waals surface area contributed by atoms with E-state index in [0.717, 1.165) is 27.2 Å². The van der Waals surface area contributed by atoms with Crippen LogP contribution in [0.25, 0.3) is 18.2 Å². The highest BCUT2D eigenvalue weighted by atomic mass is 79.9. The predicted molar refractivity (Wildman–Crippen MR) is 87.8 cm³/mol. The van der Waals surface area contributed by atoms with Crippen molar-refractivity contribution in [2.75, 3.05) is 0 Å². The lowest BCUT2D eigenvalue weighted by Crippen LogP contribution is -1.86. The first kappa shape index (κ1) is 15.1. The molecule has 0 aliphatic rings.